The second-order valence-corrected chi connectivity index (χ2v) is 20.9. The molecule has 0 amide bonds. The molecular formula is C74H55N. The maximum absolute atomic E-state index is 2.57. The molecule has 0 radical (unpaired) electrons. The van der Waals surface area contributed by atoms with Crippen molar-refractivity contribution in [1.29, 1.82) is 0 Å². The number of hydrogen-bond acceptors (Lipinski definition) is 1. The molecule has 3 atom stereocenters. The van der Waals surface area contributed by atoms with Crippen molar-refractivity contribution in [2.75, 3.05) is 4.90 Å². The Balaban J connectivity index is 1.05. The first-order valence-corrected chi connectivity index (χ1v) is 26.6. The highest BCUT2D eigenvalue weighted by Crippen LogP contribution is 2.61. The van der Waals surface area contributed by atoms with Gasteiger partial charge < -0.3 is 4.90 Å². The van der Waals surface area contributed by atoms with E-state index in [0.717, 1.165) is 29.0 Å². The molecule has 11 aromatic carbocycles. The zero-order valence-electron chi connectivity index (χ0n) is 42.3. The SMILES string of the molecule is CC1C=CC=C(C2(c3ccccc3)c3ccccc3-c3c(-c4ccccc4N(c4ccc5c(c4)C(C)(c4ccccc4)c4ccccc4-5)c4ccccc4-c4cccc5cccc(-c6ccccc6)c45)cccc32)C1. The van der Waals surface area contributed by atoms with Gasteiger partial charge in [0.05, 0.1) is 16.8 Å². The molecule has 3 aliphatic rings. The van der Waals surface area contributed by atoms with Crippen molar-refractivity contribution in [2.45, 2.75) is 31.1 Å². The topological polar surface area (TPSA) is 3.24 Å². The van der Waals surface area contributed by atoms with Crippen molar-refractivity contribution in [3.63, 3.8) is 0 Å². The third-order valence-electron chi connectivity index (χ3n) is 16.8. The van der Waals surface area contributed by atoms with Crippen molar-refractivity contribution < 1.29 is 0 Å². The molecule has 14 rings (SSSR count). The van der Waals surface area contributed by atoms with Crippen molar-refractivity contribution in [1.82, 2.24) is 0 Å². The van der Waals surface area contributed by atoms with E-state index in [1.165, 1.54) is 99.8 Å². The predicted octanol–water partition coefficient (Wildman–Crippen LogP) is 19.5. The summed E-state index contributed by atoms with van der Waals surface area (Å²) in [7, 11) is 0. The lowest BCUT2D eigenvalue weighted by molar-refractivity contribution is 0.615. The third kappa shape index (κ3) is 6.84. The van der Waals surface area contributed by atoms with Gasteiger partial charge in [-0.3, -0.25) is 0 Å². The number of nitrogens with zero attached hydrogens (tertiary/aromatic N) is 1. The van der Waals surface area contributed by atoms with E-state index in [-0.39, 0.29) is 5.41 Å². The van der Waals surface area contributed by atoms with Crippen LogP contribution in [-0.4, -0.2) is 0 Å². The monoisotopic (exact) mass is 957 g/mol. The molecule has 0 aliphatic heterocycles. The summed E-state index contributed by atoms with van der Waals surface area (Å²) in [4.78, 5) is 2.57. The first-order chi connectivity index (χ1) is 37.0. The van der Waals surface area contributed by atoms with E-state index in [9.17, 15) is 0 Å². The highest BCUT2D eigenvalue weighted by Gasteiger charge is 2.48. The highest BCUT2D eigenvalue weighted by atomic mass is 15.1. The summed E-state index contributed by atoms with van der Waals surface area (Å²) in [5.41, 5.74) is 24.1. The van der Waals surface area contributed by atoms with Crippen molar-refractivity contribution in [2.24, 2.45) is 5.92 Å². The summed E-state index contributed by atoms with van der Waals surface area (Å²) in [6, 6.07) is 97.6. The minimum atomic E-state index is -0.467. The van der Waals surface area contributed by atoms with Crippen LogP contribution in [0.4, 0.5) is 17.1 Å². The summed E-state index contributed by atoms with van der Waals surface area (Å²) < 4.78 is 0. The molecule has 1 heteroatoms. The Morgan fingerprint density at radius 1 is 0.400 bits per heavy atom. The van der Waals surface area contributed by atoms with Crippen LogP contribution in [0.1, 0.15) is 53.6 Å². The van der Waals surface area contributed by atoms with Crippen LogP contribution in [-0.2, 0) is 10.8 Å². The average molecular weight is 958 g/mol. The Morgan fingerprint density at radius 3 is 1.63 bits per heavy atom. The fraction of sp³-hybridized carbons (Fsp3) is 0.0811. The minimum absolute atomic E-state index is 0.390. The van der Waals surface area contributed by atoms with Gasteiger partial charge in [0.15, 0.2) is 0 Å². The van der Waals surface area contributed by atoms with Gasteiger partial charge in [0.1, 0.15) is 0 Å². The smallest absolute Gasteiger partial charge is 0.0676 e. The van der Waals surface area contributed by atoms with Crippen LogP contribution in [0.15, 0.2) is 285 Å². The van der Waals surface area contributed by atoms with Gasteiger partial charge in [-0.1, -0.05) is 267 Å². The molecule has 0 spiro atoms. The lowest BCUT2D eigenvalue weighted by Crippen LogP contribution is -2.31. The first-order valence-electron chi connectivity index (χ1n) is 26.6. The predicted molar refractivity (Wildman–Crippen MR) is 315 cm³/mol. The number of anilines is 3. The van der Waals surface area contributed by atoms with Gasteiger partial charge in [-0.15, -0.1) is 0 Å². The zero-order chi connectivity index (χ0) is 50.1. The molecule has 75 heavy (non-hydrogen) atoms. The van der Waals surface area contributed by atoms with Gasteiger partial charge >= 0.3 is 0 Å². The van der Waals surface area contributed by atoms with Gasteiger partial charge in [0.2, 0.25) is 0 Å². The number of rotatable bonds is 9. The number of fused-ring (bicyclic) bond motifs is 7. The van der Waals surface area contributed by atoms with Crippen LogP contribution >= 0.6 is 0 Å². The lowest BCUT2D eigenvalue weighted by Gasteiger charge is -2.38. The normalized spacial score (nSPS) is 17.9. The molecule has 3 unspecified atom stereocenters. The molecule has 11 aromatic rings. The van der Waals surface area contributed by atoms with Gasteiger partial charge in [-0.05, 0) is 132 Å². The fourth-order valence-electron chi connectivity index (χ4n) is 13.5. The molecule has 3 aliphatic carbocycles. The van der Waals surface area contributed by atoms with Crippen LogP contribution in [0.2, 0.25) is 0 Å². The second-order valence-electron chi connectivity index (χ2n) is 20.9. The van der Waals surface area contributed by atoms with Crippen molar-refractivity contribution >= 4 is 27.8 Å². The number of hydrogen-bond donors (Lipinski definition) is 0. The molecule has 0 N–H and O–H groups in total. The molecular weight excluding hydrogens is 903 g/mol. The van der Waals surface area contributed by atoms with Crippen LogP contribution < -0.4 is 4.90 Å². The van der Waals surface area contributed by atoms with E-state index in [2.05, 4.69) is 298 Å². The summed E-state index contributed by atoms with van der Waals surface area (Å²) in [6.07, 6.45) is 8.03. The molecule has 0 heterocycles. The summed E-state index contributed by atoms with van der Waals surface area (Å²) in [5, 5.41) is 2.45. The van der Waals surface area contributed by atoms with E-state index in [1.54, 1.807) is 0 Å². The number of para-hydroxylation sites is 2. The summed E-state index contributed by atoms with van der Waals surface area (Å²) in [6.45, 7) is 4.77. The summed E-state index contributed by atoms with van der Waals surface area (Å²) in [5.74, 6) is 0.425. The molecule has 0 saturated carbocycles. The van der Waals surface area contributed by atoms with E-state index < -0.39 is 5.41 Å². The molecule has 0 saturated heterocycles. The minimum Gasteiger partial charge on any atom is -0.309 e. The Kier molecular flexibility index (Phi) is 10.6. The molecule has 0 aromatic heterocycles. The number of benzene rings is 11. The van der Waals surface area contributed by atoms with E-state index in [1.807, 2.05) is 0 Å². The fourth-order valence-corrected chi connectivity index (χ4v) is 13.5. The Bertz CT molecular complexity index is 4060. The Hall–Kier alpha value is -9.04. The van der Waals surface area contributed by atoms with Gasteiger partial charge in [0, 0.05) is 22.2 Å². The van der Waals surface area contributed by atoms with E-state index >= 15 is 0 Å². The van der Waals surface area contributed by atoms with Gasteiger partial charge in [-0.25, -0.2) is 0 Å². The first kappa shape index (κ1) is 44.6. The van der Waals surface area contributed by atoms with Crippen molar-refractivity contribution in [3.8, 4) is 55.6 Å². The average Bonchev–Trinajstić information content (AvgIpc) is 4.01. The highest BCUT2D eigenvalue weighted by molar-refractivity contribution is 6.10. The Morgan fingerprint density at radius 2 is 0.920 bits per heavy atom. The van der Waals surface area contributed by atoms with E-state index in [0.29, 0.717) is 5.92 Å². The van der Waals surface area contributed by atoms with Crippen LogP contribution in [0.5, 0.6) is 0 Å². The largest absolute Gasteiger partial charge is 0.309 e. The molecule has 1 nitrogen and oxygen atoms in total. The van der Waals surface area contributed by atoms with E-state index in [4.69, 9.17) is 0 Å². The maximum atomic E-state index is 2.57. The van der Waals surface area contributed by atoms with Crippen LogP contribution in [0.3, 0.4) is 0 Å². The third-order valence-corrected chi connectivity index (χ3v) is 16.8. The molecule has 0 fully saturated rings. The number of allylic oxidation sites excluding steroid dienone is 4. The van der Waals surface area contributed by atoms with Crippen LogP contribution in [0.25, 0.3) is 66.4 Å². The zero-order valence-corrected chi connectivity index (χ0v) is 42.3. The summed E-state index contributed by atoms with van der Waals surface area (Å²) >= 11 is 0. The molecule has 0 bridgehead atoms. The standard InChI is InChI=1S/C74H55N/c1-50-24-20-33-55(48-50)74(54-31-10-5-11-32-54)66-42-17-13-37-64(66)72-63(40-23-43-67(72)74)61-36-15-19-45-70(61)75(56-46-47-59-58-34-12-16-41-65(58)73(2,68(59)49-56)53-29-8-4-9-30-53)69-44-18-14-35-60(69)62-39-22-28-52-27-21-38-57(71(52)62)51-25-6-3-7-26-51/h3-47,49-50H,48H2,1-2H3. The maximum Gasteiger partial charge on any atom is 0.0676 e. The van der Waals surface area contributed by atoms with Gasteiger partial charge in [0.25, 0.3) is 0 Å². The van der Waals surface area contributed by atoms with Crippen LogP contribution in [0, 0.1) is 5.92 Å². The molecule has 356 valence electrons. The quantitative estimate of drug-likeness (QED) is 0.139. The lowest BCUT2D eigenvalue weighted by atomic mass is 9.64. The second kappa shape index (κ2) is 17.9. The Labute approximate surface area is 441 Å². The van der Waals surface area contributed by atoms with Crippen molar-refractivity contribution in [3.05, 3.63) is 318 Å². The van der Waals surface area contributed by atoms with Gasteiger partial charge in [-0.2, -0.15) is 0 Å².